The third kappa shape index (κ3) is 4.64. The van der Waals surface area contributed by atoms with Gasteiger partial charge in [0, 0.05) is 38.4 Å². The van der Waals surface area contributed by atoms with E-state index >= 15 is 0 Å². The van der Waals surface area contributed by atoms with Crippen molar-refractivity contribution < 1.29 is 4.79 Å². The van der Waals surface area contributed by atoms with Crippen LogP contribution >= 0.6 is 0 Å². The number of nitrogens with zero attached hydrogens (tertiary/aromatic N) is 2. The Bertz CT molecular complexity index is 736. The highest BCUT2D eigenvalue weighted by Crippen LogP contribution is 2.16. The minimum atomic E-state index is -0.210. The van der Waals surface area contributed by atoms with Gasteiger partial charge in [0.25, 0.3) is 0 Å². The fourth-order valence-corrected chi connectivity index (χ4v) is 3.38. The first-order chi connectivity index (χ1) is 12.5. The molecule has 0 unspecified atom stereocenters. The molecule has 1 fully saturated rings. The monoisotopic (exact) mass is 351 g/mol. The number of carbonyl (C=O) groups is 1. The van der Waals surface area contributed by atoms with Crippen LogP contribution in [0.2, 0.25) is 0 Å². The van der Waals surface area contributed by atoms with E-state index in [1.54, 1.807) is 0 Å². The van der Waals surface area contributed by atoms with Crippen molar-refractivity contribution in [3.8, 4) is 0 Å². The largest absolute Gasteiger partial charge is 0.374 e. The molecule has 138 valence electrons. The molecule has 0 spiro atoms. The van der Waals surface area contributed by atoms with Gasteiger partial charge in [0.05, 0.1) is 0 Å². The zero-order valence-electron chi connectivity index (χ0n) is 16.0. The summed E-state index contributed by atoms with van der Waals surface area (Å²) in [5.41, 5.74) is 4.85. The molecule has 3 rings (SSSR count). The van der Waals surface area contributed by atoms with Crippen LogP contribution < -0.4 is 5.32 Å². The maximum Gasteiger partial charge on any atom is 0.244 e. The first-order valence-corrected chi connectivity index (χ1v) is 9.42. The molecule has 0 saturated carbocycles. The van der Waals surface area contributed by atoms with Crippen LogP contribution in [0.5, 0.6) is 0 Å². The third-order valence-electron chi connectivity index (χ3n) is 5.19. The number of aryl methyl sites for hydroxylation is 2. The van der Waals surface area contributed by atoms with Crippen molar-refractivity contribution in [3.63, 3.8) is 0 Å². The molecule has 2 aromatic rings. The molecule has 4 nitrogen and oxygen atoms in total. The lowest BCUT2D eigenvalue weighted by Gasteiger charge is -2.36. The molecule has 0 radical (unpaired) electrons. The summed E-state index contributed by atoms with van der Waals surface area (Å²) in [7, 11) is 0. The Morgan fingerprint density at radius 2 is 1.69 bits per heavy atom. The Morgan fingerprint density at radius 3 is 2.35 bits per heavy atom. The van der Waals surface area contributed by atoms with Crippen LogP contribution in [0.4, 0.5) is 5.69 Å². The number of nitrogens with one attached hydrogen (secondary N) is 1. The van der Waals surface area contributed by atoms with Gasteiger partial charge in [0.15, 0.2) is 0 Å². The molecular formula is C22H29N3O. The first kappa shape index (κ1) is 18.5. The SMILES string of the molecule is Cc1ccc(N[C@@H](C)C(=O)N2CCN(Cc3ccccc3)CC2)cc1C. The summed E-state index contributed by atoms with van der Waals surface area (Å²) in [6, 6.07) is 16.6. The topological polar surface area (TPSA) is 35.6 Å². The summed E-state index contributed by atoms with van der Waals surface area (Å²) >= 11 is 0. The van der Waals surface area contributed by atoms with Crippen LogP contribution in [0.1, 0.15) is 23.6 Å². The number of amides is 1. The highest BCUT2D eigenvalue weighted by atomic mass is 16.2. The molecule has 1 aliphatic heterocycles. The van der Waals surface area contributed by atoms with Gasteiger partial charge in [-0.05, 0) is 49.6 Å². The molecule has 0 aliphatic carbocycles. The number of anilines is 1. The molecule has 1 saturated heterocycles. The van der Waals surface area contributed by atoms with Gasteiger partial charge < -0.3 is 10.2 Å². The van der Waals surface area contributed by atoms with Crippen LogP contribution in [-0.4, -0.2) is 47.9 Å². The highest BCUT2D eigenvalue weighted by molar-refractivity contribution is 5.84. The summed E-state index contributed by atoms with van der Waals surface area (Å²) in [5, 5.41) is 3.35. The van der Waals surface area contributed by atoms with Crippen LogP contribution in [0.3, 0.4) is 0 Å². The van der Waals surface area contributed by atoms with Crippen molar-refractivity contribution in [2.75, 3.05) is 31.5 Å². The van der Waals surface area contributed by atoms with E-state index in [1.807, 2.05) is 24.0 Å². The van der Waals surface area contributed by atoms with Gasteiger partial charge in [0.2, 0.25) is 5.91 Å². The lowest BCUT2D eigenvalue weighted by Crippen LogP contribution is -2.51. The fourth-order valence-electron chi connectivity index (χ4n) is 3.38. The van der Waals surface area contributed by atoms with Crippen LogP contribution in [0.25, 0.3) is 0 Å². The molecule has 26 heavy (non-hydrogen) atoms. The average Bonchev–Trinajstić information content (AvgIpc) is 2.65. The lowest BCUT2D eigenvalue weighted by atomic mass is 10.1. The molecule has 2 aromatic carbocycles. The first-order valence-electron chi connectivity index (χ1n) is 9.42. The van der Waals surface area contributed by atoms with E-state index in [1.165, 1.54) is 16.7 Å². The molecule has 1 aliphatic rings. The molecule has 1 amide bonds. The molecule has 0 aromatic heterocycles. The molecule has 4 heteroatoms. The van der Waals surface area contributed by atoms with Gasteiger partial charge in [-0.15, -0.1) is 0 Å². The maximum atomic E-state index is 12.8. The molecule has 0 bridgehead atoms. The van der Waals surface area contributed by atoms with E-state index in [0.29, 0.717) is 0 Å². The van der Waals surface area contributed by atoms with E-state index in [0.717, 1.165) is 38.4 Å². The smallest absolute Gasteiger partial charge is 0.244 e. The minimum absolute atomic E-state index is 0.183. The second kappa shape index (κ2) is 8.37. The van der Waals surface area contributed by atoms with Crippen molar-refractivity contribution in [1.29, 1.82) is 0 Å². The molecule has 1 heterocycles. The number of hydrogen-bond acceptors (Lipinski definition) is 3. The van der Waals surface area contributed by atoms with Crippen molar-refractivity contribution in [1.82, 2.24) is 9.80 Å². The van der Waals surface area contributed by atoms with Crippen LogP contribution in [-0.2, 0) is 11.3 Å². The Hall–Kier alpha value is -2.33. The Kier molecular flexibility index (Phi) is 5.94. The van der Waals surface area contributed by atoms with Gasteiger partial charge >= 0.3 is 0 Å². The summed E-state index contributed by atoms with van der Waals surface area (Å²) < 4.78 is 0. The highest BCUT2D eigenvalue weighted by Gasteiger charge is 2.24. The van der Waals surface area contributed by atoms with Crippen molar-refractivity contribution in [2.24, 2.45) is 0 Å². The average molecular weight is 351 g/mol. The Balaban J connectivity index is 1.50. The Labute approximate surface area is 156 Å². The standard InChI is InChI=1S/C22H29N3O/c1-17-9-10-21(15-18(17)2)23-19(3)22(26)25-13-11-24(12-14-25)16-20-7-5-4-6-8-20/h4-10,15,19,23H,11-14,16H2,1-3H3/t19-/m0/s1. The summed E-state index contributed by atoms with van der Waals surface area (Å²) in [4.78, 5) is 17.2. The Morgan fingerprint density at radius 1 is 1.00 bits per heavy atom. The van der Waals surface area contributed by atoms with Crippen LogP contribution in [0.15, 0.2) is 48.5 Å². The number of hydrogen-bond donors (Lipinski definition) is 1. The van der Waals surface area contributed by atoms with E-state index in [9.17, 15) is 4.79 Å². The fraction of sp³-hybridized carbons (Fsp3) is 0.409. The van der Waals surface area contributed by atoms with Gasteiger partial charge in [0.1, 0.15) is 6.04 Å². The minimum Gasteiger partial charge on any atom is -0.374 e. The predicted molar refractivity (Wildman–Crippen MR) is 107 cm³/mol. The molecule has 1 N–H and O–H groups in total. The van der Waals surface area contributed by atoms with Crippen LogP contribution in [0, 0.1) is 13.8 Å². The lowest BCUT2D eigenvalue weighted by molar-refractivity contribution is -0.133. The molecular weight excluding hydrogens is 322 g/mol. The van der Waals surface area contributed by atoms with Crippen molar-refractivity contribution >= 4 is 11.6 Å². The summed E-state index contributed by atoms with van der Waals surface area (Å²) in [6.45, 7) is 10.6. The number of piperazine rings is 1. The van der Waals surface area contributed by atoms with E-state index < -0.39 is 0 Å². The van der Waals surface area contributed by atoms with E-state index in [2.05, 4.69) is 60.5 Å². The summed E-state index contributed by atoms with van der Waals surface area (Å²) in [5.74, 6) is 0.183. The maximum absolute atomic E-state index is 12.8. The zero-order valence-corrected chi connectivity index (χ0v) is 16.0. The van der Waals surface area contributed by atoms with Gasteiger partial charge in [-0.1, -0.05) is 36.4 Å². The molecule has 1 atom stereocenters. The number of carbonyl (C=O) groups excluding carboxylic acids is 1. The summed E-state index contributed by atoms with van der Waals surface area (Å²) in [6.07, 6.45) is 0. The van der Waals surface area contributed by atoms with Crippen molar-refractivity contribution in [3.05, 3.63) is 65.2 Å². The van der Waals surface area contributed by atoms with Gasteiger partial charge in [-0.2, -0.15) is 0 Å². The van der Waals surface area contributed by atoms with Gasteiger partial charge in [-0.25, -0.2) is 0 Å². The number of rotatable bonds is 5. The van der Waals surface area contributed by atoms with E-state index in [-0.39, 0.29) is 11.9 Å². The number of benzene rings is 2. The zero-order chi connectivity index (χ0) is 18.5. The second-order valence-corrected chi connectivity index (χ2v) is 7.25. The normalized spacial score (nSPS) is 16.3. The second-order valence-electron chi connectivity index (χ2n) is 7.25. The van der Waals surface area contributed by atoms with E-state index in [4.69, 9.17) is 0 Å². The predicted octanol–water partition coefficient (Wildman–Crippen LogP) is 3.45. The quantitative estimate of drug-likeness (QED) is 0.896. The van der Waals surface area contributed by atoms with Gasteiger partial charge in [-0.3, -0.25) is 9.69 Å². The van der Waals surface area contributed by atoms with Crippen molar-refractivity contribution in [2.45, 2.75) is 33.4 Å². The third-order valence-corrected chi connectivity index (χ3v) is 5.19.